The maximum atomic E-state index is 11.7. The van der Waals surface area contributed by atoms with Gasteiger partial charge in [0, 0.05) is 18.3 Å². The van der Waals surface area contributed by atoms with Crippen LogP contribution < -0.4 is 20.9 Å². The number of aliphatic hydroxyl groups excluding tert-OH is 1. The molecule has 1 unspecified atom stereocenters. The van der Waals surface area contributed by atoms with Crippen molar-refractivity contribution in [1.82, 2.24) is 4.90 Å². The van der Waals surface area contributed by atoms with Gasteiger partial charge in [-0.05, 0) is 62.0 Å². The van der Waals surface area contributed by atoms with Gasteiger partial charge in [-0.15, -0.1) is 0 Å². The standard InChI is InChI=1S/C23H29Cl2N3O4/c1-31-21-11-19(26)15(10-17(21)23(27)30)9-14-5-7-28(8-6-14)12-16(29)13-32-20-4-2-3-18(24)22(20)25/h2-4,10-11,14,16,29H,5-9,12-13,26H2,1H3,(H2,27,30). The van der Waals surface area contributed by atoms with E-state index in [1.807, 2.05) is 0 Å². The van der Waals surface area contributed by atoms with Gasteiger partial charge in [-0.2, -0.15) is 0 Å². The molecule has 174 valence electrons. The summed E-state index contributed by atoms with van der Waals surface area (Å²) >= 11 is 12.1. The molecule has 0 spiro atoms. The van der Waals surface area contributed by atoms with Gasteiger partial charge in [0.25, 0.3) is 5.91 Å². The lowest BCUT2D eigenvalue weighted by Crippen LogP contribution is -2.41. The van der Waals surface area contributed by atoms with Crippen molar-refractivity contribution in [1.29, 1.82) is 0 Å². The first-order valence-corrected chi connectivity index (χ1v) is 11.3. The summed E-state index contributed by atoms with van der Waals surface area (Å²) in [6.45, 7) is 2.37. The number of anilines is 1. The van der Waals surface area contributed by atoms with Crippen LogP contribution in [0.4, 0.5) is 5.69 Å². The van der Waals surface area contributed by atoms with Crippen LogP contribution in [0.1, 0.15) is 28.8 Å². The van der Waals surface area contributed by atoms with Crippen molar-refractivity contribution in [3.63, 3.8) is 0 Å². The van der Waals surface area contributed by atoms with Gasteiger partial charge in [0.05, 0.1) is 17.7 Å². The molecule has 0 aromatic heterocycles. The van der Waals surface area contributed by atoms with Gasteiger partial charge in [-0.3, -0.25) is 4.79 Å². The van der Waals surface area contributed by atoms with Crippen LogP contribution in [0, 0.1) is 5.92 Å². The lowest BCUT2D eigenvalue weighted by Gasteiger charge is -2.33. The normalized spacial score (nSPS) is 16.0. The molecule has 1 amide bonds. The predicted octanol–water partition coefficient (Wildman–Crippen LogP) is 3.38. The minimum atomic E-state index is -0.642. The third kappa shape index (κ3) is 6.19. The number of carbonyl (C=O) groups excluding carboxylic acids is 1. The molecule has 0 saturated carbocycles. The molecule has 1 aliphatic heterocycles. The number of likely N-dealkylation sites (tertiary alicyclic amines) is 1. The zero-order chi connectivity index (χ0) is 23.3. The Hall–Kier alpha value is -2.19. The Bertz CT molecular complexity index is 949. The van der Waals surface area contributed by atoms with Crippen LogP contribution in [0.3, 0.4) is 0 Å². The van der Waals surface area contributed by atoms with Crippen molar-refractivity contribution < 1.29 is 19.4 Å². The van der Waals surface area contributed by atoms with Gasteiger partial charge in [-0.1, -0.05) is 29.3 Å². The van der Waals surface area contributed by atoms with E-state index in [4.69, 9.17) is 44.1 Å². The van der Waals surface area contributed by atoms with Gasteiger partial charge < -0.3 is 30.9 Å². The maximum absolute atomic E-state index is 11.7. The van der Waals surface area contributed by atoms with Gasteiger partial charge in [0.15, 0.2) is 0 Å². The van der Waals surface area contributed by atoms with Crippen molar-refractivity contribution >= 4 is 34.8 Å². The first-order valence-electron chi connectivity index (χ1n) is 10.5. The lowest BCUT2D eigenvalue weighted by molar-refractivity contribution is 0.0551. The number of nitrogen functional groups attached to an aromatic ring is 1. The first kappa shape index (κ1) is 24.5. The summed E-state index contributed by atoms with van der Waals surface area (Å²) in [6.07, 6.45) is 2.05. The fourth-order valence-corrected chi connectivity index (χ4v) is 4.34. The average Bonchev–Trinajstić information content (AvgIpc) is 2.77. The quantitative estimate of drug-likeness (QED) is 0.473. The number of hydrogen-bond acceptors (Lipinski definition) is 6. The molecule has 2 aromatic rings. The number of ether oxygens (including phenoxy) is 2. The van der Waals surface area contributed by atoms with Gasteiger partial charge in [0.2, 0.25) is 0 Å². The Balaban J connectivity index is 1.48. The zero-order valence-corrected chi connectivity index (χ0v) is 19.5. The topological polar surface area (TPSA) is 111 Å². The number of β-amino-alcohol motifs (C(OH)–C–C–N with tert-alkyl or cyclic N) is 1. The number of halogens is 2. The molecule has 1 saturated heterocycles. The fraction of sp³-hybridized carbons (Fsp3) is 0.435. The third-order valence-electron chi connectivity index (χ3n) is 5.76. The molecule has 0 radical (unpaired) electrons. The van der Waals surface area contributed by atoms with E-state index in [0.29, 0.717) is 45.3 Å². The number of methoxy groups -OCH3 is 1. The van der Waals surface area contributed by atoms with Crippen LogP contribution in [0.5, 0.6) is 11.5 Å². The Morgan fingerprint density at radius 1 is 1.25 bits per heavy atom. The van der Waals surface area contributed by atoms with Crippen molar-refractivity contribution in [2.45, 2.75) is 25.4 Å². The van der Waals surface area contributed by atoms with Crippen LogP contribution in [-0.2, 0) is 6.42 Å². The van der Waals surface area contributed by atoms with Crippen LogP contribution >= 0.6 is 23.2 Å². The molecule has 5 N–H and O–H groups in total. The van der Waals surface area contributed by atoms with Crippen LogP contribution in [-0.4, -0.2) is 55.4 Å². The first-order chi connectivity index (χ1) is 15.3. The number of nitrogens with two attached hydrogens (primary N) is 2. The Kier molecular flexibility index (Phi) is 8.48. The van der Waals surface area contributed by atoms with Gasteiger partial charge >= 0.3 is 0 Å². The van der Waals surface area contributed by atoms with E-state index in [1.54, 1.807) is 30.3 Å². The number of primary amides is 1. The van der Waals surface area contributed by atoms with Crippen LogP contribution in [0.25, 0.3) is 0 Å². The number of aliphatic hydroxyl groups is 1. The van der Waals surface area contributed by atoms with Crippen molar-refractivity contribution in [3.8, 4) is 11.5 Å². The number of carbonyl (C=O) groups is 1. The summed E-state index contributed by atoms with van der Waals surface area (Å²) in [5.74, 6) is 0.752. The third-order valence-corrected chi connectivity index (χ3v) is 6.56. The minimum Gasteiger partial charge on any atom is -0.496 e. The van der Waals surface area contributed by atoms with E-state index in [0.717, 1.165) is 37.9 Å². The summed E-state index contributed by atoms with van der Waals surface area (Å²) in [5.41, 5.74) is 13.5. The van der Waals surface area contributed by atoms with E-state index in [9.17, 15) is 9.90 Å². The second kappa shape index (κ2) is 11.1. The summed E-state index contributed by atoms with van der Waals surface area (Å²) in [6, 6.07) is 8.56. The molecular weight excluding hydrogens is 453 g/mol. The van der Waals surface area contributed by atoms with Crippen LogP contribution in [0.2, 0.25) is 10.0 Å². The number of benzene rings is 2. The van der Waals surface area contributed by atoms with E-state index in [2.05, 4.69) is 4.90 Å². The highest BCUT2D eigenvalue weighted by Gasteiger charge is 2.23. The molecule has 0 bridgehead atoms. The number of piperidine rings is 1. The van der Waals surface area contributed by atoms with E-state index < -0.39 is 12.0 Å². The number of amides is 1. The molecule has 1 heterocycles. The molecule has 3 rings (SSSR count). The Morgan fingerprint density at radius 3 is 2.62 bits per heavy atom. The van der Waals surface area contributed by atoms with Crippen molar-refractivity contribution in [2.75, 3.05) is 39.1 Å². The highest BCUT2D eigenvalue weighted by Crippen LogP contribution is 2.32. The summed E-state index contributed by atoms with van der Waals surface area (Å²) in [7, 11) is 1.49. The largest absolute Gasteiger partial charge is 0.496 e. The average molecular weight is 482 g/mol. The SMILES string of the molecule is COc1cc(N)c(CC2CCN(CC(O)COc3cccc(Cl)c3Cl)CC2)cc1C(N)=O. The second-order valence-electron chi connectivity index (χ2n) is 8.08. The lowest BCUT2D eigenvalue weighted by atomic mass is 9.88. The molecule has 0 aliphatic carbocycles. The Labute approximate surface area is 198 Å². The summed E-state index contributed by atoms with van der Waals surface area (Å²) in [5, 5.41) is 11.1. The smallest absolute Gasteiger partial charge is 0.252 e. The highest BCUT2D eigenvalue weighted by atomic mass is 35.5. The molecule has 1 atom stereocenters. The van der Waals surface area contributed by atoms with Gasteiger partial charge in [-0.25, -0.2) is 0 Å². The fourth-order valence-electron chi connectivity index (χ4n) is 3.99. The summed E-state index contributed by atoms with van der Waals surface area (Å²) in [4.78, 5) is 13.9. The number of nitrogens with zero attached hydrogens (tertiary/aromatic N) is 1. The second-order valence-corrected chi connectivity index (χ2v) is 8.87. The highest BCUT2D eigenvalue weighted by molar-refractivity contribution is 6.42. The molecular formula is C23H29Cl2N3O4. The maximum Gasteiger partial charge on any atom is 0.252 e. The van der Waals surface area contributed by atoms with E-state index >= 15 is 0 Å². The molecule has 2 aromatic carbocycles. The minimum absolute atomic E-state index is 0.137. The summed E-state index contributed by atoms with van der Waals surface area (Å²) < 4.78 is 10.8. The van der Waals surface area contributed by atoms with E-state index in [1.165, 1.54) is 7.11 Å². The van der Waals surface area contributed by atoms with Crippen molar-refractivity contribution in [2.24, 2.45) is 11.7 Å². The molecule has 7 nitrogen and oxygen atoms in total. The predicted molar refractivity (Wildman–Crippen MR) is 127 cm³/mol. The van der Waals surface area contributed by atoms with Crippen LogP contribution in [0.15, 0.2) is 30.3 Å². The number of rotatable bonds is 9. The molecule has 1 fully saturated rings. The van der Waals surface area contributed by atoms with Crippen molar-refractivity contribution in [3.05, 3.63) is 51.5 Å². The molecule has 9 heteroatoms. The molecule has 1 aliphatic rings. The molecule has 32 heavy (non-hydrogen) atoms. The Morgan fingerprint density at radius 2 is 1.97 bits per heavy atom. The monoisotopic (exact) mass is 481 g/mol. The zero-order valence-electron chi connectivity index (χ0n) is 18.0. The number of hydrogen-bond donors (Lipinski definition) is 3. The van der Waals surface area contributed by atoms with Gasteiger partial charge in [0.1, 0.15) is 29.2 Å². The van der Waals surface area contributed by atoms with E-state index in [-0.39, 0.29) is 6.61 Å².